The average molecular weight is 592 g/mol. The zero-order chi connectivity index (χ0) is 19.5. The zero-order valence-electron chi connectivity index (χ0n) is 14.1. The van der Waals surface area contributed by atoms with E-state index >= 15 is 0 Å². The van der Waals surface area contributed by atoms with Crippen LogP contribution in [0.1, 0.15) is 12.8 Å². The van der Waals surface area contributed by atoms with Crippen molar-refractivity contribution in [2.45, 2.75) is 25.0 Å². The fraction of sp³-hybridized carbons (Fsp3) is 0.588. The number of hydrogen-bond acceptors (Lipinski definition) is 6. The number of alkyl halides is 2. The molecule has 3 atom stereocenters. The second-order valence-electron chi connectivity index (χ2n) is 5.65. The molecule has 9 heteroatoms. The molecule has 0 aliphatic heterocycles. The standard InChI is InChI=1S/C17H22I2O7/c1-2-15(20)25-10-12(9-24-11(7-18)8-19)26-17(23)14-6-4-3-5-13(14)16(21)22/h2-4,11-14H,1,5-10H2,(H,21,22). The fourth-order valence-corrected chi connectivity index (χ4v) is 4.65. The lowest BCUT2D eigenvalue weighted by molar-refractivity contribution is -0.170. The van der Waals surface area contributed by atoms with Crippen molar-refractivity contribution in [2.24, 2.45) is 11.8 Å². The van der Waals surface area contributed by atoms with Crippen LogP contribution in [-0.4, -0.2) is 57.3 Å². The third-order valence-electron chi connectivity index (χ3n) is 3.78. The van der Waals surface area contributed by atoms with E-state index in [1.54, 1.807) is 12.2 Å². The number of aliphatic carboxylic acids is 1. The molecule has 0 saturated carbocycles. The van der Waals surface area contributed by atoms with Gasteiger partial charge in [-0.05, 0) is 12.8 Å². The molecule has 0 aromatic carbocycles. The largest absolute Gasteiger partial charge is 0.481 e. The van der Waals surface area contributed by atoms with Crippen LogP contribution in [0.15, 0.2) is 24.8 Å². The smallest absolute Gasteiger partial charge is 0.330 e. The molecule has 0 aromatic rings. The minimum absolute atomic E-state index is 0.0168. The molecule has 0 fully saturated rings. The number of carbonyl (C=O) groups excluding carboxylic acids is 2. The van der Waals surface area contributed by atoms with Gasteiger partial charge in [-0.25, -0.2) is 4.79 Å². The summed E-state index contributed by atoms with van der Waals surface area (Å²) >= 11 is 4.39. The lowest BCUT2D eigenvalue weighted by Gasteiger charge is -2.26. The topological polar surface area (TPSA) is 99.1 Å². The summed E-state index contributed by atoms with van der Waals surface area (Å²) in [5, 5.41) is 9.29. The second-order valence-corrected chi connectivity index (χ2v) is 7.41. The van der Waals surface area contributed by atoms with Crippen LogP contribution in [0, 0.1) is 11.8 Å². The van der Waals surface area contributed by atoms with Gasteiger partial charge < -0.3 is 19.3 Å². The van der Waals surface area contributed by atoms with Crippen molar-refractivity contribution in [2.75, 3.05) is 22.1 Å². The van der Waals surface area contributed by atoms with Crippen molar-refractivity contribution in [3.8, 4) is 0 Å². The molecule has 0 amide bonds. The number of ether oxygens (including phenoxy) is 3. The first-order valence-electron chi connectivity index (χ1n) is 8.03. The molecule has 0 spiro atoms. The quantitative estimate of drug-likeness (QED) is 0.130. The van der Waals surface area contributed by atoms with E-state index in [9.17, 15) is 19.5 Å². The minimum atomic E-state index is -1.03. The lowest BCUT2D eigenvalue weighted by atomic mass is 9.83. The third-order valence-corrected chi connectivity index (χ3v) is 5.74. The van der Waals surface area contributed by atoms with Crippen molar-refractivity contribution in [1.29, 1.82) is 0 Å². The third kappa shape index (κ3) is 7.91. The van der Waals surface area contributed by atoms with Gasteiger partial charge in [0, 0.05) is 14.9 Å². The molecule has 7 nitrogen and oxygen atoms in total. The monoisotopic (exact) mass is 592 g/mol. The molecule has 1 N–H and O–H groups in total. The Bertz CT molecular complexity index is 531. The molecule has 146 valence electrons. The molecule has 0 heterocycles. The first kappa shape index (κ1) is 23.3. The Morgan fingerprint density at radius 2 is 1.73 bits per heavy atom. The SMILES string of the molecule is C=CC(=O)OCC(COC(CI)CI)OC(=O)C1CC=CCC1C(=O)O. The molecule has 3 unspecified atom stereocenters. The maximum Gasteiger partial charge on any atom is 0.330 e. The van der Waals surface area contributed by atoms with Gasteiger partial charge in [0.25, 0.3) is 0 Å². The van der Waals surface area contributed by atoms with Gasteiger partial charge in [0.05, 0.1) is 24.5 Å². The van der Waals surface area contributed by atoms with Crippen LogP contribution >= 0.6 is 45.2 Å². The highest BCUT2D eigenvalue weighted by Gasteiger charge is 2.36. The Hall–Kier alpha value is -0.690. The van der Waals surface area contributed by atoms with Crippen LogP contribution in [0.25, 0.3) is 0 Å². The van der Waals surface area contributed by atoms with E-state index in [0.29, 0.717) is 6.42 Å². The van der Waals surface area contributed by atoms with Gasteiger partial charge in [0.1, 0.15) is 6.61 Å². The highest BCUT2D eigenvalue weighted by atomic mass is 127. The van der Waals surface area contributed by atoms with Crippen molar-refractivity contribution in [3.05, 3.63) is 24.8 Å². The molecule has 0 aromatic heterocycles. The summed E-state index contributed by atoms with van der Waals surface area (Å²) in [5.41, 5.74) is 0. The molecular weight excluding hydrogens is 570 g/mol. The van der Waals surface area contributed by atoms with E-state index in [2.05, 4.69) is 51.8 Å². The highest BCUT2D eigenvalue weighted by Crippen LogP contribution is 2.27. The van der Waals surface area contributed by atoms with Gasteiger partial charge in [0.15, 0.2) is 6.10 Å². The van der Waals surface area contributed by atoms with E-state index < -0.39 is 35.8 Å². The predicted octanol–water partition coefficient (Wildman–Crippen LogP) is 2.55. The van der Waals surface area contributed by atoms with Crippen LogP contribution in [0.5, 0.6) is 0 Å². The number of halogens is 2. The molecule has 0 radical (unpaired) electrons. The average Bonchev–Trinajstić information content (AvgIpc) is 2.65. The van der Waals surface area contributed by atoms with Crippen LogP contribution in [0.4, 0.5) is 0 Å². The lowest BCUT2D eigenvalue weighted by Crippen LogP contribution is -2.38. The Labute approximate surface area is 179 Å². The summed E-state index contributed by atoms with van der Waals surface area (Å²) in [7, 11) is 0. The summed E-state index contributed by atoms with van der Waals surface area (Å²) in [6.07, 6.45) is 4.31. The number of allylic oxidation sites excluding steroid dienone is 2. The first-order valence-corrected chi connectivity index (χ1v) is 11.1. The Morgan fingerprint density at radius 1 is 1.12 bits per heavy atom. The molecular formula is C17H22I2O7. The number of rotatable bonds is 11. The number of carboxylic acid groups (broad SMARTS) is 1. The van der Waals surface area contributed by atoms with Crippen LogP contribution in [0.2, 0.25) is 0 Å². The summed E-state index contributed by atoms with van der Waals surface area (Å²) in [5.74, 6) is -3.86. The Kier molecular flexibility index (Phi) is 11.4. The molecule has 1 rings (SSSR count). The Morgan fingerprint density at radius 3 is 2.27 bits per heavy atom. The van der Waals surface area contributed by atoms with Crippen LogP contribution < -0.4 is 0 Å². The molecule has 0 bridgehead atoms. The maximum absolute atomic E-state index is 12.5. The predicted molar refractivity (Wildman–Crippen MR) is 112 cm³/mol. The van der Waals surface area contributed by atoms with Gasteiger partial charge in [-0.1, -0.05) is 63.9 Å². The minimum Gasteiger partial charge on any atom is -0.481 e. The van der Waals surface area contributed by atoms with Crippen LogP contribution in [-0.2, 0) is 28.6 Å². The maximum atomic E-state index is 12.5. The molecule has 1 aliphatic carbocycles. The number of carboxylic acids is 1. The summed E-state index contributed by atoms with van der Waals surface area (Å²) in [6.45, 7) is 3.20. The van der Waals surface area contributed by atoms with Crippen molar-refractivity contribution in [3.63, 3.8) is 0 Å². The van der Waals surface area contributed by atoms with E-state index in [0.717, 1.165) is 14.9 Å². The Balaban J connectivity index is 2.73. The van der Waals surface area contributed by atoms with Gasteiger partial charge in [-0.15, -0.1) is 0 Å². The van der Waals surface area contributed by atoms with Gasteiger partial charge in [-0.3, -0.25) is 9.59 Å². The fourth-order valence-electron chi connectivity index (χ4n) is 2.32. The summed E-state index contributed by atoms with van der Waals surface area (Å²) in [4.78, 5) is 35.1. The second kappa shape index (κ2) is 12.7. The number of hydrogen-bond donors (Lipinski definition) is 1. The van der Waals surface area contributed by atoms with Gasteiger partial charge in [-0.2, -0.15) is 0 Å². The van der Waals surface area contributed by atoms with E-state index in [4.69, 9.17) is 14.2 Å². The molecule has 1 aliphatic rings. The van der Waals surface area contributed by atoms with E-state index in [-0.39, 0.29) is 25.7 Å². The number of carbonyl (C=O) groups is 3. The summed E-state index contributed by atoms with van der Waals surface area (Å²) < 4.78 is 17.6. The van der Waals surface area contributed by atoms with Crippen molar-refractivity contribution in [1.82, 2.24) is 0 Å². The normalized spacial score (nSPS) is 20.4. The van der Waals surface area contributed by atoms with Crippen molar-refractivity contribution >= 4 is 63.1 Å². The van der Waals surface area contributed by atoms with E-state index in [1.165, 1.54) is 0 Å². The van der Waals surface area contributed by atoms with Gasteiger partial charge >= 0.3 is 17.9 Å². The zero-order valence-corrected chi connectivity index (χ0v) is 18.5. The van der Waals surface area contributed by atoms with Gasteiger partial charge in [0.2, 0.25) is 0 Å². The highest BCUT2D eigenvalue weighted by molar-refractivity contribution is 14.1. The first-order chi connectivity index (χ1) is 12.4. The molecule has 0 saturated heterocycles. The molecule has 26 heavy (non-hydrogen) atoms. The van der Waals surface area contributed by atoms with E-state index in [1.807, 2.05) is 0 Å². The number of esters is 2. The van der Waals surface area contributed by atoms with Crippen molar-refractivity contribution < 1.29 is 33.7 Å². The van der Waals surface area contributed by atoms with Crippen LogP contribution in [0.3, 0.4) is 0 Å². The summed E-state index contributed by atoms with van der Waals surface area (Å²) in [6, 6.07) is 0.